The van der Waals surface area contributed by atoms with Gasteiger partial charge in [-0.25, -0.2) is 4.90 Å². The number of fused-ring (bicyclic) bond motifs is 2. The molecule has 0 radical (unpaired) electrons. The molecule has 0 saturated carbocycles. The van der Waals surface area contributed by atoms with E-state index in [1.165, 1.54) is 24.3 Å². The molecule has 1 fully saturated rings. The van der Waals surface area contributed by atoms with Crippen molar-refractivity contribution in [3.8, 4) is 0 Å². The van der Waals surface area contributed by atoms with E-state index in [0.29, 0.717) is 17.0 Å². The molecule has 29 heavy (non-hydrogen) atoms. The predicted molar refractivity (Wildman–Crippen MR) is 104 cm³/mol. The lowest BCUT2D eigenvalue weighted by Crippen LogP contribution is -2.33. The SMILES string of the molecule is O=C1[C@@H]2C(c3ccc([N+](=O)[O-])cc3)=NO[C@@H]2C(=O)N1c1ccc2ccccc2c1. The topological polar surface area (TPSA) is 102 Å². The Hall–Kier alpha value is -4.07. The summed E-state index contributed by atoms with van der Waals surface area (Å²) in [7, 11) is 0. The van der Waals surface area contributed by atoms with Crippen LogP contribution in [-0.2, 0) is 14.4 Å². The highest BCUT2D eigenvalue weighted by Gasteiger charge is 2.56. The third-order valence-electron chi connectivity index (χ3n) is 5.18. The Bertz CT molecular complexity index is 1220. The molecule has 3 aromatic rings. The highest BCUT2D eigenvalue weighted by Crippen LogP contribution is 2.36. The summed E-state index contributed by atoms with van der Waals surface area (Å²) < 4.78 is 0. The van der Waals surface area contributed by atoms with E-state index >= 15 is 0 Å². The number of rotatable bonds is 3. The van der Waals surface area contributed by atoms with Crippen LogP contribution in [0.1, 0.15) is 5.56 Å². The van der Waals surface area contributed by atoms with Crippen LogP contribution in [0.4, 0.5) is 11.4 Å². The third kappa shape index (κ3) is 2.57. The zero-order chi connectivity index (χ0) is 20.1. The third-order valence-corrected chi connectivity index (χ3v) is 5.18. The maximum absolute atomic E-state index is 13.1. The average molecular weight is 387 g/mol. The van der Waals surface area contributed by atoms with Crippen LogP contribution in [0, 0.1) is 16.0 Å². The average Bonchev–Trinajstić information content (AvgIpc) is 3.28. The molecule has 0 aliphatic carbocycles. The number of carbonyl (C=O) groups excluding carboxylic acids is 2. The number of oxime groups is 1. The van der Waals surface area contributed by atoms with Crippen LogP contribution in [0.2, 0.25) is 0 Å². The minimum absolute atomic E-state index is 0.0727. The van der Waals surface area contributed by atoms with E-state index in [-0.39, 0.29) is 5.69 Å². The first-order valence-corrected chi connectivity index (χ1v) is 8.90. The quantitative estimate of drug-likeness (QED) is 0.390. The highest BCUT2D eigenvalue weighted by molar-refractivity contribution is 6.32. The number of benzene rings is 3. The normalized spacial score (nSPS) is 20.6. The first-order chi connectivity index (χ1) is 14.0. The lowest BCUT2D eigenvalue weighted by molar-refractivity contribution is -0.384. The van der Waals surface area contributed by atoms with Gasteiger partial charge in [-0.05, 0) is 35.0 Å². The van der Waals surface area contributed by atoms with Gasteiger partial charge >= 0.3 is 0 Å². The Balaban J connectivity index is 1.49. The van der Waals surface area contributed by atoms with Crippen molar-refractivity contribution in [2.24, 2.45) is 11.1 Å². The Labute approximate surface area is 164 Å². The number of amides is 2. The van der Waals surface area contributed by atoms with Crippen molar-refractivity contribution in [3.05, 3.63) is 82.4 Å². The molecule has 2 atom stereocenters. The fraction of sp³-hybridized carbons (Fsp3) is 0.0952. The van der Waals surface area contributed by atoms with Crippen LogP contribution in [-0.4, -0.2) is 28.6 Å². The van der Waals surface area contributed by atoms with Gasteiger partial charge in [0.1, 0.15) is 11.6 Å². The van der Waals surface area contributed by atoms with Gasteiger partial charge in [-0.3, -0.25) is 19.7 Å². The first kappa shape index (κ1) is 17.1. The molecule has 2 aliphatic rings. The van der Waals surface area contributed by atoms with Crippen molar-refractivity contribution < 1.29 is 19.3 Å². The molecule has 3 aromatic carbocycles. The van der Waals surface area contributed by atoms with Crippen molar-refractivity contribution in [2.45, 2.75) is 6.10 Å². The second-order valence-corrected chi connectivity index (χ2v) is 6.83. The van der Waals surface area contributed by atoms with Crippen molar-refractivity contribution >= 4 is 39.7 Å². The largest absolute Gasteiger partial charge is 0.381 e. The van der Waals surface area contributed by atoms with E-state index in [0.717, 1.165) is 15.7 Å². The highest BCUT2D eigenvalue weighted by atomic mass is 16.7. The van der Waals surface area contributed by atoms with Gasteiger partial charge in [-0.15, -0.1) is 0 Å². The number of hydrogen-bond donors (Lipinski definition) is 0. The minimum atomic E-state index is -1.03. The Morgan fingerprint density at radius 3 is 2.38 bits per heavy atom. The summed E-state index contributed by atoms with van der Waals surface area (Å²) in [4.78, 5) is 42.8. The number of anilines is 1. The van der Waals surface area contributed by atoms with Gasteiger partial charge in [0.05, 0.1) is 10.6 Å². The van der Waals surface area contributed by atoms with E-state index in [4.69, 9.17) is 4.84 Å². The predicted octanol–water partition coefficient (Wildman–Crippen LogP) is 3.04. The first-order valence-electron chi connectivity index (χ1n) is 8.90. The van der Waals surface area contributed by atoms with Gasteiger partial charge in [-0.2, -0.15) is 0 Å². The number of nitro groups is 1. The van der Waals surface area contributed by atoms with Crippen molar-refractivity contribution in [2.75, 3.05) is 4.90 Å². The van der Waals surface area contributed by atoms with Crippen LogP contribution in [0.15, 0.2) is 71.9 Å². The summed E-state index contributed by atoms with van der Waals surface area (Å²) >= 11 is 0. The summed E-state index contributed by atoms with van der Waals surface area (Å²) in [6, 6.07) is 18.7. The lowest BCUT2D eigenvalue weighted by atomic mass is 9.94. The molecular weight excluding hydrogens is 374 g/mol. The van der Waals surface area contributed by atoms with Gasteiger partial charge in [0, 0.05) is 17.7 Å². The molecule has 1 saturated heterocycles. The molecule has 0 aromatic heterocycles. The fourth-order valence-corrected chi connectivity index (χ4v) is 3.74. The van der Waals surface area contributed by atoms with Crippen LogP contribution in [0.25, 0.3) is 10.8 Å². The smallest absolute Gasteiger partial charge is 0.278 e. The molecular formula is C21H13N3O5. The summed E-state index contributed by atoms with van der Waals surface area (Å²) in [5.41, 5.74) is 1.20. The maximum atomic E-state index is 13.1. The van der Waals surface area contributed by atoms with Gasteiger partial charge in [0.15, 0.2) is 0 Å². The molecule has 0 N–H and O–H groups in total. The summed E-state index contributed by atoms with van der Waals surface area (Å²) in [6.07, 6.45) is -1.03. The Kier molecular flexibility index (Phi) is 3.67. The molecule has 2 amide bonds. The van der Waals surface area contributed by atoms with Crippen LogP contribution >= 0.6 is 0 Å². The number of carbonyl (C=O) groups is 2. The van der Waals surface area contributed by atoms with Gasteiger partial charge in [-0.1, -0.05) is 35.5 Å². The molecule has 0 spiro atoms. The van der Waals surface area contributed by atoms with Crippen molar-refractivity contribution in [3.63, 3.8) is 0 Å². The molecule has 8 heteroatoms. The van der Waals surface area contributed by atoms with Gasteiger partial charge < -0.3 is 4.84 Å². The summed E-state index contributed by atoms with van der Waals surface area (Å²) in [5.74, 6) is -1.78. The number of imide groups is 1. The number of non-ortho nitro benzene ring substituents is 1. The van der Waals surface area contributed by atoms with E-state index in [2.05, 4.69) is 5.16 Å². The molecule has 2 heterocycles. The van der Waals surface area contributed by atoms with Crippen LogP contribution in [0.3, 0.4) is 0 Å². The lowest BCUT2D eigenvalue weighted by Gasteiger charge is -2.16. The van der Waals surface area contributed by atoms with Crippen molar-refractivity contribution in [1.82, 2.24) is 0 Å². The summed E-state index contributed by atoms with van der Waals surface area (Å²) in [6.45, 7) is 0. The Morgan fingerprint density at radius 2 is 1.66 bits per heavy atom. The minimum Gasteiger partial charge on any atom is -0.381 e. The number of nitrogens with zero attached hydrogens (tertiary/aromatic N) is 3. The van der Waals surface area contributed by atoms with Gasteiger partial charge in [0.2, 0.25) is 12.0 Å². The van der Waals surface area contributed by atoms with Crippen LogP contribution in [0.5, 0.6) is 0 Å². The fourth-order valence-electron chi connectivity index (χ4n) is 3.74. The monoisotopic (exact) mass is 387 g/mol. The molecule has 2 aliphatic heterocycles. The van der Waals surface area contributed by atoms with Gasteiger partial charge in [0.25, 0.3) is 11.6 Å². The summed E-state index contributed by atoms with van der Waals surface area (Å²) in [5, 5.41) is 16.7. The zero-order valence-corrected chi connectivity index (χ0v) is 14.9. The maximum Gasteiger partial charge on any atom is 0.278 e. The van der Waals surface area contributed by atoms with E-state index in [1.807, 2.05) is 30.3 Å². The molecule has 142 valence electrons. The number of nitro benzene ring substituents is 1. The Morgan fingerprint density at radius 1 is 0.931 bits per heavy atom. The molecule has 5 rings (SSSR count). The van der Waals surface area contributed by atoms with Crippen molar-refractivity contribution in [1.29, 1.82) is 0 Å². The van der Waals surface area contributed by atoms with E-state index in [9.17, 15) is 19.7 Å². The second kappa shape index (κ2) is 6.23. The standard InChI is InChI=1S/C21H13N3O5/c25-20-17-18(13-6-8-15(9-7-13)24(27)28)22-29-19(17)21(26)23(20)16-10-5-12-3-1-2-4-14(12)11-16/h1-11,17,19H/t17-,19+/m1/s1. The molecule has 8 nitrogen and oxygen atoms in total. The van der Waals surface area contributed by atoms with E-state index < -0.39 is 28.8 Å². The molecule has 0 bridgehead atoms. The number of hydrogen-bond acceptors (Lipinski definition) is 6. The zero-order valence-electron chi connectivity index (χ0n) is 14.9. The second-order valence-electron chi connectivity index (χ2n) is 6.83. The van der Waals surface area contributed by atoms with E-state index in [1.54, 1.807) is 12.1 Å². The van der Waals surface area contributed by atoms with Crippen LogP contribution < -0.4 is 4.90 Å². The molecule has 0 unspecified atom stereocenters.